The number of rotatable bonds is 2. The molecule has 0 aliphatic carbocycles. The lowest BCUT2D eigenvalue weighted by atomic mass is 10.4. The van der Waals surface area contributed by atoms with Crippen molar-refractivity contribution < 1.29 is 14.9 Å². The molecule has 0 aliphatic heterocycles. The smallest absolute Gasteiger partial charge is 0.281 e. The van der Waals surface area contributed by atoms with Gasteiger partial charge in [0.05, 0.1) is 4.92 Å². The van der Waals surface area contributed by atoms with E-state index in [-0.39, 0.29) is 32.0 Å². The van der Waals surface area contributed by atoms with Crippen molar-refractivity contribution in [1.82, 2.24) is 9.97 Å². The Morgan fingerprint density at radius 2 is 1.58 bits per heavy atom. The van der Waals surface area contributed by atoms with Gasteiger partial charge in [-0.1, -0.05) is 46.4 Å². The van der Waals surface area contributed by atoms with Gasteiger partial charge in [-0.3, -0.25) is 20.1 Å². The molecule has 1 N–H and O–H groups in total. The van der Waals surface area contributed by atoms with Crippen LogP contribution in [0.1, 0.15) is 6.92 Å². The summed E-state index contributed by atoms with van der Waals surface area (Å²) in [6.07, 6.45) is 0. The monoisotopic (exact) mass is 412 g/mol. The van der Waals surface area contributed by atoms with Crippen molar-refractivity contribution in [2.24, 2.45) is 0 Å². The maximum Gasteiger partial charge on any atom is 0.306 e. The number of nitro groups is 1. The fourth-order valence-electron chi connectivity index (χ4n) is 1.27. The first-order valence-electron chi connectivity index (χ1n) is 5.91. The first kappa shape index (κ1) is 20.3. The molecule has 0 radical (unpaired) electrons. The van der Waals surface area contributed by atoms with Crippen LogP contribution < -0.4 is 5.06 Å². The third kappa shape index (κ3) is 5.73. The molecule has 12 heteroatoms. The molecule has 2 aromatic heterocycles. The molecular formula is C12H8Cl4N4O4. The van der Waals surface area contributed by atoms with E-state index < -0.39 is 10.8 Å². The van der Waals surface area contributed by atoms with Crippen LogP contribution in [0.4, 0.5) is 11.4 Å². The van der Waals surface area contributed by atoms with Crippen LogP contribution in [0.5, 0.6) is 0 Å². The minimum Gasteiger partial charge on any atom is -0.281 e. The summed E-state index contributed by atoms with van der Waals surface area (Å²) in [6, 6.07) is 5.34. The van der Waals surface area contributed by atoms with Crippen molar-refractivity contribution in [2.45, 2.75) is 6.92 Å². The van der Waals surface area contributed by atoms with Crippen LogP contribution in [0, 0.1) is 10.1 Å². The molecule has 0 spiro atoms. The fourth-order valence-corrected chi connectivity index (χ4v) is 2.11. The van der Waals surface area contributed by atoms with Crippen molar-refractivity contribution >= 4 is 63.7 Å². The van der Waals surface area contributed by atoms with Gasteiger partial charge < -0.3 is 0 Å². The molecule has 0 saturated heterocycles. The first-order valence-corrected chi connectivity index (χ1v) is 7.42. The second-order valence-electron chi connectivity index (χ2n) is 3.98. The molecule has 2 heterocycles. The highest BCUT2D eigenvalue weighted by atomic mass is 35.5. The Morgan fingerprint density at radius 3 is 2.00 bits per heavy atom. The van der Waals surface area contributed by atoms with E-state index in [1.165, 1.54) is 31.2 Å². The van der Waals surface area contributed by atoms with E-state index in [4.69, 9.17) is 46.4 Å². The maximum atomic E-state index is 10.7. The number of aromatic nitrogens is 2. The van der Waals surface area contributed by atoms with Crippen LogP contribution in [0.3, 0.4) is 0 Å². The number of halogens is 4. The zero-order chi connectivity index (χ0) is 18.4. The highest BCUT2D eigenvalue weighted by Crippen LogP contribution is 2.24. The molecule has 0 aliphatic rings. The summed E-state index contributed by atoms with van der Waals surface area (Å²) >= 11 is 21.9. The van der Waals surface area contributed by atoms with E-state index in [2.05, 4.69) is 9.97 Å². The molecular weight excluding hydrogens is 406 g/mol. The molecule has 24 heavy (non-hydrogen) atoms. The number of hydrogen-bond donors (Lipinski definition) is 1. The van der Waals surface area contributed by atoms with Crippen LogP contribution in [0.15, 0.2) is 24.3 Å². The van der Waals surface area contributed by atoms with Crippen molar-refractivity contribution in [1.29, 1.82) is 0 Å². The lowest BCUT2D eigenvalue weighted by molar-refractivity contribution is -0.385. The number of amides is 1. The van der Waals surface area contributed by atoms with Gasteiger partial charge in [-0.05, 0) is 18.2 Å². The topological polar surface area (TPSA) is 109 Å². The average molecular weight is 414 g/mol. The summed E-state index contributed by atoms with van der Waals surface area (Å²) in [7, 11) is 0. The second kappa shape index (κ2) is 8.95. The lowest BCUT2D eigenvalue weighted by Gasteiger charge is -2.12. The van der Waals surface area contributed by atoms with Crippen molar-refractivity contribution in [3.05, 3.63) is 55.0 Å². The second-order valence-corrected chi connectivity index (χ2v) is 5.47. The summed E-state index contributed by atoms with van der Waals surface area (Å²) in [4.78, 5) is 27.4. The molecule has 2 aromatic rings. The number of carbonyl (C=O) groups excluding carboxylic acids is 1. The number of anilines is 1. The SMILES string of the molecule is CC(=O)N(O)c1ccc(Cl)nc1Cl.O=[N+]([O-])c1ccc(Cl)nc1Cl. The van der Waals surface area contributed by atoms with E-state index in [0.29, 0.717) is 5.06 Å². The number of nitrogens with zero attached hydrogens (tertiary/aromatic N) is 4. The number of hydroxylamine groups is 1. The van der Waals surface area contributed by atoms with Crippen molar-refractivity contribution in [2.75, 3.05) is 5.06 Å². The molecule has 0 fully saturated rings. The molecule has 0 saturated carbocycles. The Bertz CT molecular complexity index is 775. The van der Waals surface area contributed by atoms with Crippen LogP contribution in [0.2, 0.25) is 20.6 Å². The van der Waals surface area contributed by atoms with Gasteiger partial charge in [-0.2, -0.15) is 5.06 Å². The fraction of sp³-hybridized carbons (Fsp3) is 0.0833. The van der Waals surface area contributed by atoms with Gasteiger partial charge in [0.1, 0.15) is 16.0 Å². The summed E-state index contributed by atoms with van der Waals surface area (Å²) in [5, 5.41) is 19.9. The number of pyridine rings is 2. The van der Waals surface area contributed by atoms with Crippen LogP contribution >= 0.6 is 46.4 Å². The minimum absolute atomic E-state index is 0.0230. The average Bonchev–Trinajstić information content (AvgIpc) is 2.46. The van der Waals surface area contributed by atoms with E-state index in [0.717, 1.165) is 0 Å². The van der Waals surface area contributed by atoms with Crippen LogP contribution in [-0.2, 0) is 4.79 Å². The Hall–Kier alpha value is -1.71. The van der Waals surface area contributed by atoms with Crippen LogP contribution in [0.25, 0.3) is 0 Å². The Kier molecular flexibility index (Phi) is 7.59. The van der Waals surface area contributed by atoms with Crippen molar-refractivity contribution in [3.63, 3.8) is 0 Å². The minimum atomic E-state index is -0.619. The quantitative estimate of drug-likeness (QED) is 0.337. The van der Waals surface area contributed by atoms with Crippen molar-refractivity contribution in [3.8, 4) is 0 Å². The summed E-state index contributed by atoms with van der Waals surface area (Å²) in [5.41, 5.74) is -0.130. The Labute approximate surface area is 155 Å². The largest absolute Gasteiger partial charge is 0.306 e. The maximum absolute atomic E-state index is 10.7. The van der Waals surface area contributed by atoms with Gasteiger partial charge in [0.15, 0.2) is 5.15 Å². The molecule has 0 atom stereocenters. The zero-order valence-corrected chi connectivity index (χ0v) is 14.8. The van der Waals surface area contributed by atoms with Crippen LogP contribution in [-0.4, -0.2) is 26.0 Å². The summed E-state index contributed by atoms with van der Waals surface area (Å²) < 4.78 is 0. The third-order valence-electron chi connectivity index (χ3n) is 2.31. The predicted molar refractivity (Wildman–Crippen MR) is 90.1 cm³/mol. The molecule has 0 unspecified atom stereocenters. The van der Waals surface area contributed by atoms with E-state index in [1.807, 2.05) is 0 Å². The Balaban J connectivity index is 0.000000243. The summed E-state index contributed by atoms with van der Waals surface area (Å²) in [5.74, 6) is -0.550. The first-order chi connectivity index (χ1) is 11.1. The van der Waals surface area contributed by atoms with E-state index in [1.54, 1.807) is 0 Å². The molecule has 128 valence electrons. The highest BCUT2D eigenvalue weighted by Gasteiger charge is 2.13. The van der Waals surface area contributed by atoms with Gasteiger partial charge in [0.2, 0.25) is 11.1 Å². The zero-order valence-electron chi connectivity index (χ0n) is 11.8. The standard InChI is InChI=1S/C7H6Cl2N2O2.C5H2Cl2N2O2/c1-4(12)11(13)5-2-3-6(8)10-7(5)9;6-4-2-1-3(9(10)11)5(7)8-4/h2-3,13H,1H3;1-2H. The van der Waals surface area contributed by atoms with E-state index >= 15 is 0 Å². The van der Waals surface area contributed by atoms with E-state index in [9.17, 15) is 20.1 Å². The molecule has 0 bridgehead atoms. The van der Waals surface area contributed by atoms with Gasteiger partial charge in [-0.25, -0.2) is 9.97 Å². The Morgan fingerprint density at radius 1 is 1.08 bits per heavy atom. The normalized spacial score (nSPS) is 9.75. The highest BCUT2D eigenvalue weighted by molar-refractivity contribution is 6.34. The molecule has 1 amide bonds. The lowest BCUT2D eigenvalue weighted by Crippen LogP contribution is -2.24. The van der Waals surface area contributed by atoms with Gasteiger partial charge in [0, 0.05) is 13.0 Å². The number of carbonyl (C=O) groups is 1. The molecule has 8 nitrogen and oxygen atoms in total. The summed E-state index contributed by atoms with van der Waals surface area (Å²) in [6.45, 7) is 1.20. The number of hydrogen-bond acceptors (Lipinski definition) is 6. The van der Waals surface area contributed by atoms with Gasteiger partial charge in [0.25, 0.3) is 0 Å². The predicted octanol–water partition coefficient (Wildman–Crippen LogP) is 4.43. The third-order valence-corrected chi connectivity index (χ3v) is 3.29. The van der Waals surface area contributed by atoms with Gasteiger partial charge >= 0.3 is 5.69 Å². The van der Waals surface area contributed by atoms with Gasteiger partial charge in [-0.15, -0.1) is 0 Å². The molecule has 2 rings (SSSR count). The molecule has 0 aromatic carbocycles.